The van der Waals surface area contributed by atoms with Crippen molar-refractivity contribution in [2.24, 2.45) is 5.92 Å². The maximum absolute atomic E-state index is 13.8. The van der Waals surface area contributed by atoms with E-state index in [-0.39, 0.29) is 42.6 Å². The number of hydrogen-bond acceptors (Lipinski definition) is 9. The van der Waals surface area contributed by atoms with Crippen LogP contribution in [-0.4, -0.2) is 78.1 Å². The standard InChI is InChI=1S/C31H34F2N4O6S2/c1-19(2)15-36(45(41,42)22-9-11-29-26(14-22)34-18-44-29)16-27(38)25(12-20-6-4-3-5-7-20)35-30(39)28-17-37(31(40)43-28)21-8-10-23(32)24(33)13-21/h3-11,13-14,18-19,25,27-28,30,35,38-39H,12,15-17H2,1-2H3/t25-,27+,28-,30?/m0/s1. The summed E-state index contributed by atoms with van der Waals surface area (Å²) in [7, 11) is -4.05. The summed E-state index contributed by atoms with van der Waals surface area (Å²) in [6.07, 6.45) is -4.59. The highest BCUT2D eigenvalue weighted by Gasteiger charge is 2.39. The van der Waals surface area contributed by atoms with E-state index in [1.54, 1.807) is 11.6 Å². The fraction of sp³-hybridized carbons (Fsp3) is 0.355. The van der Waals surface area contributed by atoms with Crippen LogP contribution in [0.2, 0.25) is 0 Å². The van der Waals surface area contributed by atoms with Gasteiger partial charge in [-0.2, -0.15) is 4.31 Å². The van der Waals surface area contributed by atoms with Crippen molar-refractivity contribution < 1.29 is 36.9 Å². The SMILES string of the molecule is CC(C)CN(C[C@@H](O)[C@H](Cc1ccccc1)NC(O)[C@@H]1CN(c2ccc(F)c(F)c2)C(=O)O1)S(=O)(=O)c1ccc2scnc2c1. The third kappa shape index (κ3) is 7.65. The number of aliphatic hydroxyl groups excluding tert-OH is 2. The van der Waals surface area contributed by atoms with Gasteiger partial charge in [0.25, 0.3) is 0 Å². The number of ether oxygens (including phenoxy) is 1. The number of benzene rings is 3. The minimum Gasteiger partial charge on any atom is -0.440 e. The molecule has 14 heteroatoms. The van der Waals surface area contributed by atoms with Crippen molar-refractivity contribution in [1.82, 2.24) is 14.6 Å². The van der Waals surface area contributed by atoms with Crippen molar-refractivity contribution in [2.45, 2.75) is 49.6 Å². The van der Waals surface area contributed by atoms with E-state index < -0.39 is 52.2 Å². The number of aromatic nitrogens is 1. The van der Waals surface area contributed by atoms with Crippen LogP contribution in [0.15, 0.2) is 77.1 Å². The Labute approximate surface area is 263 Å². The molecule has 3 aromatic carbocycles. The van der Waals surface area contributed by atoms with Crippen molar-refractivity contribution in [3.8, 4) is 0 Å². The highest BCUT2D eigenvalue weighted by Crippen LogP contribution is 2.27. The molecule has 240 valence electrons. The Bertz CT molecular complexity index is 1740. The van der Waals surface area contributed by atoms with Crippen molar-refractivity contribution in [1.29, 1.82) is 0 Å². The van der Waals surface area contributed by atoms with Crippen LogP contribution in [0.3, 0.4) is 0 Å². The Hall–Kier alpha value is -3.53. The molecule has 0 bridgehead atoms. The lowest BCUT2D eigenvalue weighted by atomic mass is 10.00. The third-order valence-corrected chi connectivity index (χ3v) is 10.1. The Morgan fingerprint density at radius 1 is 1.07 bits per heavy atom. The first-order valence-corrected chi connectivity index (χ1v) is 16.7. The highest BCUT2D eigenvalue weighted by atomic mass is 32.2. The molecule has 1 amide bonds. The number of carbonyl (C=O) groups excluding carboxylic acids is 1. The lowest BCUT2D eigenvalue weighted by Crippen LogP contribution is -2.55. The zero-order valence-corrected chi connectivity index (χ0v) is 26.2. The molecule has 0 aliphatic carbocycles. The Morgan fingerprint density at radius 3 is 2.53 bits per heavy atom. The Balaban J connectivity index is 1.36. The van der Waals surface area contributed by atoms with Crippen molar-refractivity contribution in [2.75, 3.05) is 24.5 Å². The van der Waals surface area contributed by atoms with Gasteiger partial charge in [-0.15, -0.1) is 11.3 Å². The van der Waals surface area contributed by atoms with Gasteiger partial charge in [0.1, 0.15) is 6.23 Å². The van der Waals surface area contributed by atoms with Gasteiger partial charge in [0.15, 0.2) is 17.7 Å². The van der Waals surface area contributed by atoms with Gasteiger partial charge in [-0.25, -0.2) is 27.0 Å². The quantitative estimate of drug-likeness (QED) is 0.183. The summed E-state index contributed by atoms with van der Waals surface area (Å²) in [5.41, 5.74) is 3.06. The molecule has 1 saturated heterocycles. The lowest BCUT2D eigenvalue weighted by Gasteiger charge is -2.32. The summed E-state index contributed by atoms with van der Waals surface area (Å²) in [5, 5.41) is 25.6. The first-order valence-electron chi connectivity index (χ1n) is 14.3. The van der Waals surface area contributed by atoms with Crippen LogP contribution >= 0.6 is 11.3 Å². The molecular formula is C31H34F2N4O6S2. The van der Waals surface area contributed by atoms with Gasteiger partial charge in [-0.3, -0.25) is 10.2 Å². The number of aliphatic hydroxyl groups is 2. The van der Waals surface area contributed by atoms with Gasteiger partial charge >= 0.3 is 6.09 Å². The number of thiazole rings is 1. The van der Waals surface area contributed by atoms with E-state index in [1.165, 1.54) is 33.8 Å². The van der Waals surface area contributed by atoms with Crippen molar-refractivity contribution in [3.63, 3.8) is 0 Å². The number of sulfonamides is 1. The fourth-order valence-corrected chi connectivity index (χ4v) is 7.48. The largest absolute Gasteiger partial charge is 0.440 e. The fourth-order valence-electron chi connectivity index (χ4n) is 5.17. The predicted octanol–water partition coefficient (Wildman–Crippen LogP) is 4.13. The van der Waals surface area contributed by atoms with Gasteiger partial charge in [0.2, 0.25) is 10.0 Å². The summed E-state index contributed by atoms with van der Waals surface area (Å²) in [6.45, 7) is 3.39. The van der Waals surface area contributed by atoms with Gasteiger partial charge in [0.05, 0.1) is 39.0 Å². The number of hydrogen-bond donors (Lipinski definition) is 3. The number of nitrogens with zero attached hydrogens (tertiary/aromatic N) is 3. The molecule has 0 spiro atoms. The molecule has 45 heavy (non-hydrogen) atoms. The minimum atomic E-state index is -4.05. The number of rotatable bonds is 13. The molecule has 1 unspecified atom stereocenters. The second kappa shape index (κ2) is 13.8. The number of nitrogens with one attached hydrogen (secondary N) is 1. The topological polar surface area (TPSA) is 132 Å². The first-order chi connectivity index (χ1) is 21.4. The second-order valence-electron chi connectivity index (χ2n) is 11.3. The van der Waals surface area contributed by atoms with Crippen molar-refractivity contribution >= 4 is 43.4 Å². The van der Waals surface area contributed by atoms with Crippen LogP contribution in [0.5, 0.6) is 0 Å². The smallest absolute Gasteiger partial charge is 0.414 e. The average Bonchev–Trinajstić information content (AvgIpc) is 3.64. The average molecular weight is 661 g/mol. The molecule has 1 fully saturated rings. The Kier molecular flexibility index (Phi) is 10.1. The molecule has 1 aliphatic rings. The number of carbonyl (C=O) groups is 1. The zero-order chi connectivity index (χ0) is 32.3. The second-order valence-corrected chi connectivity index (χ2v) is 14.1. The summed E-state index contributed by atoms with van der Waals surface area (Å²) >= 11 is 1.40. The summed E-state index contributed by atoms with van der Waals surface area (Å²) < 4.78 is 62.3. The maximum Gasteiger partial charge on any atom is 0.414 e. The van der Waals surface area contributed by atoms with Gasteiger partial charge in [-0.05, 0) is 48.2 Å². The normalized spacial score (nSPS) is 17.6. The maximum atomic E-state index is 13.8. The number of fused-ring (bicyclic) bond motifs is 1. The molecule has 1 aliphatic heterocycles. The van der Waals surface area contributed by atoms with Crippen LogP contribution in [-0.2, 0) is 21.2 Å². The lowest BCUT2D eigenvalue weighted by molar-refractivity contribution is -0.0119. The van der Waals surface area contributed by atoms with Crippen LogP contribution in [0.4, 0.5) is 19.3 Å². The molecule has 1 aromatic heterocycles. The molecule has 3 N–H and O–H groups in total. The van der Waals surface area contributed by atoms with E-state index in [1.807, 2.05) is 44.2 Å². The molecule has 10 nitrogen and oxygen atoms in total. The van der Waals surface area contributed by atoms with Gasteiger partial charge < -0.3 is 14.9 Å². The predicted molar refractivity (Wildman–Crippen MR) is 166 cm³/mol. The van der Waals surface area contributed by atoms with E-state index in [2.05, 4.69) is 10.3 Å². The number of halogens is 2. The van der Waals surface area contributed by atoms with Crippen molar-refractivity contribution in [3.05, 3.63) is 89.4 Å². The third-order valence-electron chi connectivity index (χ3n) is 7.45. The van der Waals surface area contributed by atoms with Crippen LogP contribution in [0.25, 0.3) is 10.2 Å². The van der Waals surface area contributed by atoms with E-state index in [4.69, 9.17) is 4.74 Å². The first kappa shape index (κ1) is 32.9. The molecule has 4 atom stereocenters. The van der Waals surface area contributed by atoms with E-state index in [0.717, 1.165) is 27.3 Å². The Morgan fingerprint density at radius 2 is 1.82 bits per heavy atom. The summed E-state index contributed by atoms with van der Waals surface area (Å²) in [6, 6.07) is 15.9. The summed E-state index contributed by atoms with van der Waals surface area (Å²) in [5.74, 6) is -2.28. The van der Waals surface area contributed by atoms with Gasteiger partial charge in [-0.1, -0.05) is 44.2 Å². The molecule has 0 radical (unpaired) electrons. The van der Waals surface area contributed by atoms with E-state index in [0.29, 0.717) is 5.52 Å². The molecular weight excluding hydrogens is 626 g/mol. The van der Waals surface area contributed by atoms with Gasteiger partial charge in [0, 0.05) is 25.2 Å². The molecule has 0 saturated carbocycles. The molecule has 2 heterocycles. The van der Waals surface area contributed by atoms with Crippen LogP contribution < -0.4 is 10.2 Å². The number of cyclic esters (lactones) is 1. The monoisotopic (exact) mass is 660 g/mol. The van der Waals surface area contributed by atoms with E-state index >= 15 is 0 Å². The molecule has 4 aromatic rings. The van der Waals surface area contributed by atoms with Crippen LogP contribution in [0, 0.1) is 17.6 Å². The summed E-state index contributed by atoms with van der Waals surface area (Å²) in [4.78, 5) is 17.9. The van der Waals surface area contributed by atoms with E-state index in [9.17, 15) is 32.2 Å². The van der Waals surface area contributed by atoms with Crippen LogP contribution in [0.1, 0.15) is 19.4 Å². The molecule has 5 rings (SSSR count). The number of anilines is 1. The highest BCUT2D eigenvalue weighted by molar-refractivity contribution is 7.89. The zero-order valence-electron chi connectivity index (χ0n) is 24.6. The number of amides is 1. The minimum absolute atomic E-state index is 0.0524.